The number of hydrogen-bond donors (Lipinski definition) is 0. The molecule has 3 aliphatic rings. The molecule has 1 saturated carbocycles. The van der Waals surface area contributed by atoms with E-state index in [2.05, 4.69) is 0 Å². The lowest BCUT2D eigenvalue weighted by atomic mass is 9.94. The van der Waals surface area contributed by atoms with Gasteiger partial charge in [-0.3, -0.25) is 0 Å². The highest BCUT2D eigenvalue weighted by atomic mass is 16.7. The van der Waals surface area contributed by atoms with Gasteiger partial charge in [-0.15, -0.1) is 0 Å². The molecule has 2 unspecified atom stereocenters. The van der Waals surface area contributed by atoms with E-state index < -0.39 is 0 Å². The summed E-state index contributed by atoms with van der Waals surface area (Å²) in [4.78, 5) is 0. The van der Waals surface area contributed by atoms with Gasteiger partial charge in [0, 0.05) is 6.42 Å². The van der Waals surface area contributed by atoms with Gasteiger partial charge in [0.25, 0.3) is 0 Å². The second-order valence-corrected chi connectivity index (χ2v) is 5.13. The molecular formula is C15H20O4. The van der Waals surface area contributed by atoms with Crippen LogP contribution in [0.3, 0.4) is 0 Å². The average molecular weight is 264 g/mol. The Kier molecular flexibility index (Phi) is 3.67. The molecule has 0 aromatic heterocycles. The standard InChI is InChI=1S/C15H20O4/c1-11-13(18-10-17-11)8-4-5-12-9-16-14-6-2-3-7-15(14)19-12/h4,8-9,14-15H,2-3,5-7,10H2,1H3/b8-4-. The number of ether oxygens (including phenoxy) is 4. The summed E-state index contributed by atoms with van der Waals surface area (Å²) in [5, 5.41) is 0. The zero-order chi connectivity index (χ0) is 13.1. The summed E-state index contributed by atoms with van der Waals surface area (Å²) in [5.74, 6) is 2.53. The minimum atomic E-state index is 0.245. The molecule has 104 valence electrons. The highest BCUT2D eigenvalue weighted by Gasteiger charge is 2.30. The van der Waals surface area contributed by atoms with E-state index in [1.807, 2.05) is 19.1 Å². The Balaban J connectivity index is 1.54. The summed E-state index contributed by atoms with van der Waals surface area (Å²) in [6, 6.07) is 0. The van der Waals surface area contributed by atoms with Gasteiger partial charge >= 0.3 is 0 Å². The van der Waals surface area contributed by atoms with Crippen LogP contribution < -0.4 is 0 Å². The zero-order valence-corrected chi connectivity index (χ0v) is 11.3. The van der Waals surface area contributed by atoms with Crippen LogP contribution in [0.4, 0.5) is 0 Å². The molecule has 0 amide bonds. The maximum Gasteiger partial charge on any atom is 0.230 e. The third-order valence-electron chi connectivity index (χ3n) is 3.74. The first-order chi connectivity index (χ1) is 9.33. The lowest BCUT2D eigenvalue weighted by Gasteiger charge is -2.35. The fourth-order valence-corrected chi connectivity index (χ4v) is 2.64. The van der Waals surface area contributed by atoms with E-state index in [-0.39, 0.29) is 12.2 Å². The van der Waals surface area contributed by atoms with Crippen LogP contribution in [0.15, 0.2) is 35.7 Å². The molecule has 3 rings (SSSR count). The van der Waals surface area contributed by atoms with Crippen LogP contribution >= 0.6 is 0 Å². The smallest absolute Gasteiger partial charge is 0.230 e. The van der Waals surface area contributed by atoms with E-state index in [0.29, 0.717) is 6.79 Å². The predicted molar refractivity (Wildman–Crippen MR) is 69.8 cm³/mol. The largest absolute Gasteiger partial charge is 0.491 e. The van der Waals surface area contributed by atoms with Crippen LogP contribution in [0, 0.1) is 0 Å². The van der Waals surface area contributed by atoms with Crippen molar-refractivity contribution in [3.8, 4) is 0 Å². The lowest BCUT2D eigenvalue weighted by molar-refractivity contribution is -0.0700. The summed E-state index contributed by atoms with van der Waals surface area (Å²) in [6.07, 6.45) is 11.7. The number of fused-ring (bicyclic) bond motifs is 1. The second kappa shape index (κ2) is 5.59. The molecule has 2 heterocycles. The molecular weight excluding hydrogens is 244 g/mol. The van der Waals surface area contributed by atoms with Gasteiger partial charge in [-0.2, -0.15) is 0 Å². The Morgan fingerprint density at radius 2 is 2.05 bits per heavy atom. The molecule has 4 heteroatoms. The Bertz CT molecular complexity index is 422. The first kappa shape index (κ1) is 12.5. The molecule has 19 heavy (non-hydrogen) atoms. The van der Waals surface area contributed by atoms with Crippen molar-refractivity contribution < 1.29 is 18.9 Å². The minimum absolute atomic E-state index is 0.245. The minimum Gasteiger partial charge on any atom is -0.491 e. The normalized spacial score (nSPS) is 30.1. The molecule has 1 fully saturated rings. The topological polar surface area (TPSA) is 36.9 Å². The summed E-state index contributed by atoms with van der Waals surface area (Å²) in [7, 11) is 0. The van der Waals surface area contributed by atoms with Crippen molar-refractivity contribution in [1.82, 2.24) is 0 Å². The average Bonchev–Trinajstić information content (AvgIpc) is 2.84. The summed E-state index contributed by atoms with van der Waals surface area (Å²) < 4.78 is 22.3. The van der Waals surface area contributed by atoms with Gasteiger partial charge in [-0.25, -0.2) is 0 Å². The van der Waals surface area contributed by atoms with E-state index in [9.17, 15) is 0 Å². The molecule has 0 aromatic carbocycles. The van der Waals surface area contributed by atoms with Crippen molar-refractivity contribution in [3.63, 3.8) is 0 Å². The highest BCUT2D eigenvalue weighted by Crippen LogP contribution is 2.30. The van der Waals surface area contributed by atoms with Crippen molar-refractivity contribution in [2.24, 2.45) is 0 Å². The number of allylic oxidation sites excluding steroid dienone is 3. The quantitative estimate of drug-likeness (QED) is 0.783. The first-order valence-electron chi connectivity index (χ1n) is 6.97. The van der Waals surface area contributed by atoms with Gasteiger partial charge in [0.15, 0.2) is 5.76 Å². The fraction of sp³-hybridized carbons (Fsp3) is 0.600. The third-order valence-corrected chi connectivity index (χ3v) is 3.74. The molecule has 4 nitrogen and oxygen atoms in total. The summed E-state index contributed by atoms with van der Waals surface area (Å²) >= 11 is 0. The van der Waals surface area contributed by atoms with Crippen molar-refractivity contribution in [2.45, 2.75) is 51.2 Å². The van der Waals surface area contributed by atoms with Crippen LogP contribution in [0.5, 0.6) is 0 Å². The Morgan fingerprint density at radius 1 is 1.21 bits per heavy atom. The molecule has 0 bridgehead atoms. The van der Waals surface area contributed by atoms with E-state index in [0.717, 1.165) is 36.5 Å². The van der Waals surface area contributed by atoms with Crippen molar-refractivity contribution in [2.75, 3.05) is 6.79 Å². The SMILES string of the molecule is CC1=C(/C=C\CC2=COC3CCCCC3O2)OCO1. The van der Waals surface area contributed by atoms with Gasteiger partial charge in [0.05, 0.1) is 0 Å². The van der Waals surface area contributed by atoms with Crippen LogP contribution in [-0.4, -0.2) is 19.0 Å². The van der Waals surface area contributed by atoms with Gasteiger partial charge in [-0.05, 0) is 38.7 Å². The van der Waals surface area contributed by atoms with Crippen LogP contribution in [0.2, 0.25) is 0 Å². The van der Waals surface area contributed by atoms with Crippen molar-refractivity contribution in [1.29, 1.82) is 0 Å². The van der Waals surface area contributed by atoms with Crippen LogP contribution in [-0.2, 0) is 18.9 Å². The van der Waals surface area contributed by atoms with Gasteiger partial charge < -0.3 is 18.9 Å². The van der Waals surface area contributed by atoms with Gasteiger partial charge in [0.1, 0.15) is 30.0 Å². The van der Waals surface area contributed by atoms with Crippen molar-refractivity contribution >= 4 is 0 Å². The predicted octanol–water partition coefficient (Wildman–Crippen LogP) is 3.37. The molecule has 2 atom stereocenters. The van der Waals surface area contributed by atoms with Crippen molar-refractivity contribution in [3.05, 3.63) is 35.7 Å². The molecule has 0 saturated heterocycles. The van der Waals surface area contributed by atoms with E-state index >= 15 is 0 Å². The summed E-state index contributed by atoms with van der Waals surface area (Å²) in [6.45, 7) is 2.22. The summed E-state index contributed by atoms with van der Waals surface area (Å²) in [5.41, 5.74) is 0. The van der Waals surface area contributed by atoms with Gasteiger partial charge in [0.2, 0.25) is 6.79 Å². The Morgan fingerprint density at radius 3 is 2.84 bits per heavy atom. The van der Waals surface area contributed by atoms with E-state index in [1.54, 1.807) is 6.26 Å². The molecule has 0 radical (unpaired) electrons. The number of hydrogen-bond acceptors (Lipinski definition) is 4. The fourth-order valence-electron chi connectivity index (χ4n) is 2.64. The highest BCUT2D eigenvalue weighted by molar-refractivity contribution is 5.18. The molecule has 0 N–H and O–H groups in total. The Hall–Kier alpha value is -1.58. The van der Waals surface area contributed by atoms with Gasteiger partial charge in [-0.1, -0.05) is 6.08 Å². The van der Waals surface area contributed by atoms with E-state index in [1.165, 1.54) is 12.8 Å². The first-order valence-corrected chi connectivity index (χ1v) is 6.97. The monoisotopic (exact) mass is 264 g/mol. The zero-order valence-electron chi connectivity index (χ0n) is 11.3. The Labute approximate surface area is 113 Å². The second-order valence-electron chi connectivity index (χ2n) is 5.13. The number of rotatable bonds is 3. The van der Waals surface area contributed by atoms with E-state index in [4.69, 9.17) is 18.9 Å². The molecule has 1 aliphatic carbocycles. The maximum atomic E-state index is 5.98. The van der Waals surface area contributed by atoms with Crippen LogP contribution in [0.25, 0.3) is 0 Å². The molecule has 2 aliphatic heterocycles. The molecule has 0 aromatic rings. The third kappa shape index (κ3) is 2.88. The maximum absolute atomic E-state index is 5.98. The lowest BCUT2D eigenvalue weighted by Crippen LogP contribution is -2.36. The molecule has 0 spiro atoms. The van der Waals surface area contributed by atoms with Crippen LogP contribution in [0.1, 0.15) is 39.0 Å².